The zero-order valence-corrected chi connectivity index (χ0v) is 15.4. The third-order valence-corrected chi connectivity index (χ3v) is 5.39. The van der Waals surface area contributed by atoms with Gasteiger partial charge in [-0.25, -0.2) is 4.98 Å². The molecule has 0 aromatic carbocycles. The summed E-state index contributed by atoms with van der Waals surface area (Å²) in [7, 11) is 1.63. The molecule has 0 radical (unpaired) electrons. The van der Waals surface area contributed by atoms with Crippen molar-refractivity contribution in [2.24, 2.45) is 5.92 Å². The number of hydrogen-bond acceptors (Lipinski definition) is 5. The zero-order valence-electron chi connectivity index (χ0n) is 15.4. The first-order valence-electron chi connectivity index (χ1n) is 9.29. The largest absolute Gasteiger partial charge is 0.454 e. The van der Waals surface area contributed by atoms with Gasteiger partial charge < -0.3 is 23.5 Å². The second-order valence-corrected chi connectivity index (χ2v) is 7.16. The Hall–Kier alpha value is -2.61. The zero-order chi connectivity index (χ0) is 18.8. The molecule has 0 unspecified atom stereocenters. The summed E-state index contributed by atoms with van der Waals surface area (Å²) in [6, 6.07) is 3.58. The van der Waals surface area contributed by atoms with E-state index in [4.69, 9.17) is 9.15 Å². The number of hydrogen-bond donors (Lipinski definition) is 0. The third kappa shape index (κ3) is 3.62. The monoisotopic (exact) mass is 372 g/mol. The Morgan fingerprint density at radius 2 is 2.22 bits per heavy atom. The molecule has 3 aliphatic rings. The maximum atomic E-state index is 13.0. The SMILES string of the molecule is COCCN1C(=O)[C@@H]2CC[C@H]1CN(C(=O)c1ccc(Cn3ccnc3)o1)C2. The first-order chi connectivity index (χ1) is 13.2. The molecule has 0 spiro atoms. The maximum Gasteiger partial charge on any atom is 0.289 e. The van der Waals surface area contributed by atoms with Gasteiger partial charge in [-0.1, -0.05) is 0 Å². The highest BCUT2D eigenvalue weighted by Crippen LogP contribution is 2.30. The van der Waals surface area contributed by atoms with Crippen molar-refractivity contribution in [3.63, 3.8) is 0 Å². The summed E-state index contributed by atoms with van der Waals surface area (Å²) in [5.74, 6) is 0.878. The van der Waals surface area contributed by atoms with E-state index in [1.165, 1.54) is 0 Å². The van der Waals surface area contributed by atoms with Gasteiger partial charge in [0.05, 0.1) is 25.4 Å². The summed E-state index contributed by atoms with van der Waals surface area (Å²) < 4.78 is 12.8. The van der Waals surface area contributed by atoms with Crippen LogP contribution in [-0.2, 0) is 16.1 Å². The van der Waals surface area contributed by atoms with Crippen LogP contribution in [0.4, 0.5) is 0 Å². The Morgan fingerprint density at radius 3 is 3.00 bits per heavy atom. The Bertz CT molecular complexity index is 801. The lowest BCUT2D eigenvalue weighted by Gasteiger charge is -2.35. The molecule has 0 N–H and O–H groups in total. The maximum absolute atomic E-state index is 13.0. The van der Waals surface area contributed by atoms with Crippen molar-refractivity contribution >= 4 is 11.8 Å². The number of ether oxygens (including phenoxy) is 1. The molecule has 2 atom stereocenters. The van der Waals surface area contributed by atoms with Crippen LogP contribution in [0, 0.1) is 5.92 Å². The van der Waals surface area contributed by atoms with Crippen LogP contribution < -0.4 is 0 Å². The molecule has 8 heteroatoms. The summed E-state index contributed by atoms with van der Waals surface area (Å²) >= 11 is 0. The normalized spacial score (nSPS) is 22.3. The van der Waals surface area contributed by atoms with E-state index in [1.54, 1.807) is 30.6 Å². The molecule has 2 aromatic rings. The van der Waals surface area contributed by atoms with Crippen LogP contribution in [0.2, 0.25) is 0 Å². The molecule has 5 rings (SSSR count). The van der Waals surface area contributed by atoms with Crippen LogP contribution >= 0.6 is 0 Å². The van der Waals surface area contributed by atoms with Gasteiger partial charge in [0.25, 0.3) is 5.91 Å². The number of carbonyl (C=O) groups excluding carboxylic acids is 2. The number of piperidine rings is 1. The fourth-order valence-electron chi connectivity index (χ4n) is 3.98. The molecule has 2 bridgehead atoms. The fraction of sp³-hybridized carbons (Fsp3) is 0.526. The van der Waals surface area contributed by atoms with E-state index in [-0.39, 0.29) is 23.8 Å². The van der Waals surface area contributed by atoms with E-state index in [2.05, 4.69) is 4.98 Å². The van der Waals surface area contributed by atoms with Gasteiger partial charge in [0, 0.05) is 45.2 Å². The van der Waals surface area contributed by atoms with Crippen molar-refractivity contribution in [2.75, 3.05) is 33.4 Å². The van der Waals surface area contributed by atoms with Crippen molar-refractivity contribution in [1.82, 2.24) is 19.4 Å². The van der Waals surface area contributed by atoms with Crippen LogP contribution in [-0.4, -0.2) is 70.6 Å². The number of aromatic nitrogens is 2. The minimum absolute atomic E-state index is 0.0516. The molecule has 2 amide bonds. The standard InChI is InChI=1S/C19H24N4O4/c1-26-9-8-23-15-3-2-14(18(23)24)10-22(11-15)19(25)17-5-4-16(27-17)12-21-7-6-20-13-21/h4-7,13-15H,2-3,8-12H2,1H3/t14-,15+/m1/s1. The first kappa shape index (κ1) is 17.8. The van der Waals surface area contributed by atoms with Gasteiger partial charge in [-0.2, -0.15) is 0 Å². The Balaban J connectivity index is 1.46. The molecule has 3 fully saturated rings. The van der Waals surface area contributed by atoms with E-state index < -0.39 is 0 Å². The summed E-state index contributed by atoms with van der Waals surface area (Å²) in [6.45, 7) is 2.62. The number of imidazole rings is 1. The van der Waals surface area contributed by atoms with Gasteiger partial charge in [-0.3, -0.25) is 9.59 Å². The minimum Gasteiger partial charge on any atom is -0.454 e. The molecule has 3 aliphatic heterocycles. The van der Waals surface area contributed by atoms with Crippen LogP contribution in [0.1, 0.15) is 29.2 Å². The number of carbonyl (C=O) groups is 2. The van der Waals surface area contributed by atoms with Crippen LogP contribution in [0.5, 0.6) is 0 Å². The number of amides is 2. The lowest BCUT2D eigenvalue weighted by molar-refractivity contribution is -0.140. The van der Waals surface area contributed by atoms with E-state index in [9.17, 15) is 9.59 Å². The Morgan fingerprint density at radius 1 is 1.33 bits per heavy atom. The number of nitrogens with zero attached hydrogens (tertiary/aromatic N) is 4. The molecule has 5 heterocycles. The fourth-order valence-corrected chi connectivity index (χ4v) is 3.98. The predicted molar refractivity (Wildman–Crippen MR) is 96.0 cm³/mol. The van der Waals surface area contributed by atoms with Crippen molar-refractivity contribution in [3.05, 3.63) is 42.4 Å². The smallest absolute Gasteiger partial charge is 0.289 e. The highest BCUT2D eigenvalue weighted by atomic mass is 16.5. The number of furan rings is 1. The molecule has 0 aliphatic carbocycles. The quantitative estimate of drug-likeness (QED) is 0.762. The molecule has 2 aromatic heterocycles. The number of rotatable bonds is 6. The summed E-state index contributed by atoms with van der Waals surface area (Å²) in [6.07, 6.45) is 7.01. The second-order valence-electron chi connectivity index (χ2n) is 7.16. The topological polar surface area (TPSA) is 80.8 Å². The lowest BCUT2D eigenvalue weighted by Crippen LogP contribution is -2.49. The van der Waals surface area contributed by atoms with E-state index in [0.29, 0.717) is 44.3 Å². The van der Waals surface area contributed by atoms with Crippen molar-refractivity contribution in [2.45, 2.75) is 25.4 Å². The third-order valence-electron chi connectivity index (χ3n) is 5.39. The molecular formula is C19H24N4O4. The van der Waals surface area contributed by atoms with Crippen LogP contribution in [0.15, 0.2) is 35.3 Å². The molecule has 8 nitrogen and oxygen atoms in total. The average molecular weight is 372 g/mol. The number of fused-ring (bicyclic) bond motifs is 4. The van der Waals surface area contributed by atoms with E-state index in [1.807, 2.05) is 21.7 Å². The highest BCUT2D eigenvalue weighted by molar-refractivity contribution is 5.92. The van der Waals surface area contributed by atoms with Gasteiger partial charge in [0.15, 0.2) is 5.76 Å². The van der Waals surface area contributed by atoms with Crippen LogP contribution in [0.25, 0.3) is 0 Å². The van der Waals surface area contributed by atoms with Crippen molar-refractivity contribution < 1.29 is 18.7 Å². The molecular weight excluding hydrogens is 348 g/mol. The highest BCUT2D eigenvalue weighted by Gasteiger charge is 2.42. The van der Waals surface area contributed by atoms with E-state index >= 15 is 0 Å². The number of methoxy groups -OCH3 is 1. The summed E-state index contributed by atoms with van der Waals surface area (Å²) in [4.78, 5) is 33.3. The first-order valence-corrected chi connectivity index (χ1v) is 9.29. The molecule has 144 valence electrons. The summed E-state index contributed by atoms with van der Waals surface area (Å²) in [5.41, 5.74) is 0. The van der Waals surface area contributed by atoms with Gasteiger partial charge >= 0.3 is 0 Å². The van der Waals surface area contributed by atoms with Gasteiger partial charge in [0.2, 0.25) is 5.91 Å². The van der Waals surface area contributed by atoms with Gasteiger partial charge in [0.1, 0.15) is 5.76 Å². The predicted octanol–water partition coefficient (Wildman–Crippen LogP) is 1.23. The van der Waals surface area contributed by atoms with Crippen molar-refractivity contribution in [3.8, 4) is 0 Å². The van der Waals surface area contributed by atoms with Gasteiger partial charge in [-0.05, 0) is 25.0 Å². The Labute approximate surface area is 157 Å². The van der Waals surface area contributed by atoms with Gasteiger partial charge in [-0.15, -0.1) is 0 Å². The van der Waals surface area contributed by atoms with Crippen molar-refractivity contribution in [1.29, 1.82) is 0 Å². The molecule has 27 heavy (non-hydrogen) atoms. The van der Waals surface area contributed by atoms with E-state index in [0.717, 1.165) is 12.8 Å². The summed E-state index contributed by atoms with van der Waals surface area (Å²) in [5, 5.41) is 0. The van der Waals surface area contributed by atoms with Crippen LogP contribution in [0.3, 0.4) is 0 Å². The minimum atomic E-state index is -0.148. The molecule has 0 saturated carbocycles. The average Bonchev–Trinajstić information content (AvgIpc) is 3.27. The lowest BCUT2D eigenvalue weighted by atomic mass is 9.94. The second kappa shape index (κ2) is 7.56. The Kier molecular flexibility index (Phi) is 4.98. The molecule has 3 saturated heterocycles.